The van der Waals surface area contributed by atoms with Gasteiger partial charge in [-0.05, 0) is 23.9 Å². The van der Waals surface area contributed by atoms with Crippen molar-refractivity contribution in [3.63, 3.8) is 0 Å². The zero-order chi connectivity index (χ0) is 10.0. The number of halogens is 2. The standard InChI is InChI=1S/C7H7BClFO2S/c1-13-6-3-4(8(11)12)2-5(9)7(6)10/h2-3,11-12H,1H3. The molecule has 0 spiro atoms. The lowest BCUT2D eigenvalue weighted by atomic mass is 9.80. The van der Waals surface area contributed by atoms with Gasteiger partial charge in [-0.2, -0.15) is 0 Å². The first-order valence-electron chi connectivity index (χ1n) is 3.45. The summed E-state index contributed by atoms with van der Waals surface area (Å²) in [5.41, 5.74) is 0.191. The van der Waals surface area contributed by atoms with Gasteiger partial charge in [0.25, 0.3) is 0 Å². The molecule has 0 aliphatic carbocycles. The normalized spacial score (nSPS) is 10.2. The number of thioether (sulfide) groups is 1. The van der Waals surface area contributed by atoms with E-state index in [4.69, 9.17) is 21.6 Å². The first-order chi connectivity index (χ1) is 6.06. The molecule has 1 aromatic rings. The molecule has 1 aromatic carbocycles. The molecular formula is C7H7BClFO2S. The van der Waals surface area contributed by atoms with E-state index in [2.05, 4.69) is 0 Å². The van der Waals surface area contributed by atoms with Crippen LogP contribution in [0.1, 0.15) is 0 Å². The van der Waals surface area contributed by atoms with E-state index in [0.717, 1.165) is 11.8 Å². The second-order valence-electron chi connectivity index (χ2n) is 2.39. The van der Waals surface area contributed by atoms with E-state index in [1.165, 1.54) is 12.1 Å². The third-order valence-electron chi connectivity index (χ3n) is 1.54. The maximum Gasteiger partial charge on any atom is 0.488 e. The van der Waals surface area contributed by atoms with Gasteiger partial charge in [0.05, 0.1) is 5.02 Å². The van der Waals surface area contributed by atoms with Crippen LogP contribution in [-0.2, 0) is 0 Å². The highest BCUT2D eigenvalue weighted by molar-refractivity contribution is 7.98. The van der Waals surface area contributed by atoms with Crippen LogP contribution in [-0.4, -0.2) is 23.4 Å². The number of rotatable bonds is 2. The molecule has 0 aliphatic heterocycles. The van der Waals surface area contributed by atoms with Crippen molar-refractivity contribution in [1.29, 1.82) is 0 Å². The number of hydrogen-bond donors (Lipinski definition) is 2. The van der Waals surface area contributed by atoms with Gasteiger partial charge in [0.15, 0.2) is 5.82 Å². The summed E-state index contributed by atoms with van der Waals surface area (Å²) in [5, 5.41) is 17.5. The molecule has 13 heavy (non-hydrogen) atoms. The Morgan fingerprint density at radius 1 is 1.46 bits per heavy atom. The van der Waals surface area contributed by atoms with Crippen LogP contribution in [0.4, 0.5) is 4.39 Å². The van der Waals surface area contributed by atoms with Gasteiger partial charge in [-0.3, -0.25) is 0 Å². The minimum Gasteiger partial charge on any atom is -0.423 e. The second kappa shape index (κ2) is 4.33. The summed E-state index contributed by atoms with van der Waals surface area (Å²) < 4.78 is 13.1. The van der Waals surface area contributed by atoms with E-state index in [9.17, 15) is 4.39 Å². The van der Waals surface area contributed by atoms with Crippen LogP contribution in [0.15, 0.2) is 17.0 Å². The van der Waals surface area contributed by atoms with Crippen molar-refractivity contribution >= 4 is 35.9 Å². The van der Waals surface area contributed by atoms with Crippen LogP contribution in [0, 0.1) is 5.82 Å². The fraction of sp³-hybridized carbons (Fsp3) is 0.143. The zero-order valence-corrected chi connectivity index (χ0v) is 8.36. The van der Waals surface area contributed by atoms with E-state index in [1.807, 2.05) is 0 Å². The summed E-state index contributed by atoms with van der Waals surface area (Å²) in [5.74, 6) is -0.529. The lowest BCUT2D eigenvalue weighted by Crippen LogP contribution is -2.30. The summed E-state index contributed by atoms with van der Waals surface area (Å²) in [4.78, 5) is 0.301. The Balaban J connectivity index is 3.22. The first-order valence-corrected chi connectivity index (χ1v) is 5.05. The highest BCUT2D eigenvalue weighted by atomic mass is 35.5. The topological polar surface area (TPSA) is 40.5 Å². The fourth-order valence-corrected chi connectivity index (χ4v) is 1.71. The third-order valence-corrected chi connectivity index (χ3v) is 2.55. The van der Waals surface area contributed by atoms with Gasteiger partial charge < -0.3 is 10.0 Å². The van der Waals surface area contributed by atoms with Crippen LogP contribution < -0.4 is 5.46 Å². The maximum atomic E-state index is 13.1. The molecule has 0 radical (unpaired) electrons. The van der Waals surface area contributed by atoms with E-state index in [1.54, 1.807) is 6.26 Å². The minimum atomic E-state index is -1.62. The molecule has 0 atom stereocenters. The Labute approximate surface area is 84.9 Å². The highest BCUT2D eigenvalue weighted by Crippen LogP contribution is 2.23. The molecule has 2 nitrogen and oxygen atoms in total. The number of benzene rings is 1. The van der Waals surface area contributed by atoms with Crippen LogP contribution in [0.5, 0.6) is 0 Å². The minimum absolute atomic E-state index is 0.102. The fourth-order valence-electron chi connectivity index (χ4n) is 0.881. The van der Waals surface area contributed by atoms with Gasteiger partial charge in [0.2, 0.25) is 0 Å². The average molecular weight is 220 g/mol. The molecule has 2 N–H and O–H groups in total. The van der Waals surface area contributed by atoms with E-state index in [0.29, 0.717) is 4.90 Å². The molecule has 0 saturated heterocycles. The first kappa shape index (κ1) is 10.9. The summed E-state index contributed by atoms with van der Waals surface area (Å²) >= 11 is 6.69. The van der Waals surface area contributed by atoms with Crippen LogP contribution >= 0.6 is 23.4 Å². The molecule has 6 heteroatoms. The quantitative estimate of drug-likeness (QED) is 0.574. The van der Waals surface area contributed by atoms with Crippen LogP contribution in [0.25, 0.3) is 0 Å². The molecule has 0 heterocycles. The number of hydrogen-bond acceptors (Lipinski definition) is 3. The average Bonchev–Trinajstić information content (AvgIpc) is 2.09. The molecule has 0 aliphatic rings. The van der Waals surface area contributed by atoms with E-state index in [-0.39, 0.29) is 10.5 Å². The van der Waals surface area contributed by atoms with Gasteiger partial charge in [-0.25, -0.2) is 4.39 Å². The Morgan fingerprint density at radius 2 is 2.08 bits per heavy atom. The van der Waals surface area contributed by atoms with Crippen molar-refractivity contribution in [2.45, 2.75) is 4.90 Å². The molecule has 0 saturated carbocycles. The monoisotopic (exact) mass is 220 g/mol. The molecular weight excluding hydrogens is 213 g/mol. The summed E-state index contributed by atoms with van der Waals surface area (Å²) in [6, 6.07) is 2.55. The Hall–Kier alpha value is -0.225. The predicted molar refractivity (Wildman–Crippen MR) is 53.0 cm³/mol. The lowest BCUT2D eigenvalue weighted by molar-refractivity contribution is 0.425. The van der Waals surface area contributed by atoms with Gasteiger partial charge >= 0.3 is 7.12 Å². The van der Waals surface area contributed by atoms with Crippen molar-refractivity contribution < 1.29 is 14.4 Å². The Morgan fingerprint density at radius 3 is 2.54 bits per heavy atom. The lowest BCUT2D eigenvalue weighted by Gasteiger charge is -2.05. The Bertz CT molecular complexity index is 322. The van der Waals surface area contributed by atoms with E-state index < -0.39 is 12.9 Å². The summed E-state index contributed by atoms with van der Waals surface area (Å²) in [6.07, 6.45) is 1.68. The van der Waals surface area contributed by atoms with Crippen molar-refractivity contribution in [2.75, 3.05) is 6.26 Å². The van der Waals surface area contributed by atoms with Gasteiger partial charge in [0, 0.05) is 4.90 Å². The smallest absolute Gasteiger partial charge is 0.423 e. The van der Waals surface area contributed by atoms with Crippen LogP contribution in [0.2, 0.25) is 5.02 Å². The maximum absolute atomic E-state index is 13.1. The molecule has 1 rings (SSSR count). The SMILES string of the molecule is CSc1cc(B(O)O)cc(Cl)c1F. The van der Waals surface area contributed by atoms with Gasteiger partial charge in [0.1, 0.15) is 0 Å². The molecule has 0 amide bonds. The molecule has 0 unspecified atom stereocenters. The second-order valence-corrected chi connectivity index (χ2v) is 3.65. The molecule has 0 aromatic heterocycles. The van der Waals surface area contributed by atoms with E-state index >= 15 is 0 Å². The van der Waals surface area contributed by atoms with Gasteiger partial charge in [-0.1, -0.05) is 11.6 Å². The molecule has 0 fully saturated rings. The van der Waals surface area contributed by atoms with Crippen molar-refractivity contribution in [3.8, 4) is 0 Å². The highest BCUT2D eigenvalue weighted by Gasteiger charge is 2.16. The Kier molecular flexibility index (Phi) is 3.61. The largest absolute Gasteiger partial charge is 0.488 e. The summed E-state index contributed by atoms with van der Waals surface area (Å²) in [7, 11) is -1.62. The third kappa shape index (κ3) is 2.37. The predicted octanol–water partition coefficient (Wildman–Crippen LogP) is 0.881. The zero-order valence-electron chi connectivity index (χ0n) is 6.79. The van der Waals surface area contributed by atoms with Crippen molar-refractivity contribution in [2.24, 2.45) is 0 Å². The van der Waals surface area contributed by atoms with Crippen LogP contribution in [0.3, 0.4) is 0 Å². The molecule has 0 bridgehead atoms. The molecule has 70 valence electrons. The van der Waals surface area contributed by atoms with Gasteiger partial charge in [-0.15, -0.1) is 11.8 Å². The van der Waals surface area contributed by atoms with Crippen molar-refractivity contribution in [1.82, 2.24) is 0 Å². The van der Waals surface area contributed by atoms with Crippen molar-refractivity contribution in [3.05, 3.63) is 23.0 Å². The summed E-state index contributed by atoms with van der Waals surface area (Å²) in [6.45, 7) is 0.